The molecule has 0 radical (unpaired) electrons. The summed E-state index contributed by atoms with van der Waals surface area (Å²) >= 11 is 0. The highest BCUT2D eigenvalue weighted by Crippen LogP contribution is 2.22. The molecule has 1 heterocycles. The number of rotatable bonds is 3. The molecule has 1 saturated heterocycles. The fraction of sp³-hybridized carbons (Fsp3) is 0.909. The lowest BCUT2D eigenvalue weighted by Gasteiger charge is -2.26. The summed E-state index contributed by atoms with van der Waals surface area (Å²) in [4.78, 5) is 13.5. The molecule has 2 aliphatic rings. The van der Waals surface area contributed by atoms with Gasteiger partial charge < -0.3 is 10.2 Å². The lowest BCUT2D eigenvalue weighted by molar-refractivity contribution is -0.116. The Labute approximate surface area is 85.8 Å². The molecule has 1 unspecified atom stereocenters. The Kier molecular flexibility index (Phi) is 3.19. The monoisotopic (exact) mass is 196 g/mol. The van der Waals surface area contributed by atoms with Gasteiger partial charge in [0.25, 0.3) is 0 Å². The van der Waals surface area contributed by atoms with Crippen molar-refractivity contribution in [3.63, 3.8) is 0 Å². The lowest BCUT2D eigenvalue weighted by atomic mass is 10.1. The van der Waals surface area contributed by atoms with Gasteiger partial charge in [-0.3, -0.25) is 4.79 Å². The number of nitrogens with one attached hydrogen (secondary N) is 1. The fourth-order valence-corrected chi connectivity index (χ4v) is 2.65. The molecule has 0 amide bonds. The summed E-state index contributed by atoms with van der Waals surface area (Å²) in [6.45, 7) is 1.62. The Hall–Kier alpha value is -0.410. The van der Waals surface area contributed by atoms with Crippen LogP contribution in [-0.4, -0.2) is 42.9 Å². The number of carbonyl (C=O) groups excluding carboxylic acids is 1. The van der Waals surface area contributed by atoms with Gasteiger partial charge in [-0.05, 0) is 19.9 Å². The maximum Gasteiger partial charge on any atom is 0.148 e. The van der Waals surface area contributed by atoms with Crippen molar-refractivity contribution in [3.05, 3.63) is 0 Å². The molecule has 3 nitrogen and oxygen atoms in total. The molecule has 14 heavy (non-hydrogen) atoms. The Balaban J connectivity index is 1.76. The van der Waals surface area contributed by atoms with E-state index in [1.54, 1.807) is 0 Å². The van der Waals surface area contributed by atoms with Crippen LogP contribution in [0.1, 0.15) is 32.1 Å². The van der Waals surface area contributed by atoms with Gasteiger partial charge >= 0.3 is 0 Å². The maximum atomic E-state index is 11.1. The fourth-order valence-electron chi connectivity index (χ4n) is 2.65. The van der Waals surface area contributed by atoms with Gasteiger partial charge in [0.2, 0.25) is 0 Å². The largest absolute Gasteiger partial charge is 0.305 e. The van der Waals surface area contributed by atoms with Gasteiger partial charge in [-0.15, -0.1) is 0 Å². The summed E-state index contributed by atoms with van der Waals surface area (Å²) < 4.78 is 0. The zero-order chi connectivity index (χ0) is 9.97. The van der Waals surface area contributed by atoms with Crippen LogP contribution in [0, 0.1) is 0 Å². The van der Waals surface area contributed by atoms with Gasteiger partial charge in [-0.25, -0.2) is 0 Å². The van der Waals surface area contributed by atoms with Crippen molar-refractivity contribution in [1.29, 1.82) is 0 Å². The van der Waals surface area contributed by atoms with Crippen molar-refractivity contribution in [3.8, 4) is 0 Å². The van der Waals surface area contributed by atoms with E-state index < -0.39 is 0 Å². The summed E-state index contributed by atoms with van der Waals surface area (Å²) in [5, 5.41) is 3.27. The van der Waals surface area contributed by atoms with Crippen LogP contribution >= 0.6 is 0 Å². The van der Waals surface area contributed by atoms with Crippen molar-refractivity contribution in [2.75, 3.05) is 20.1 Å². The molecule has 1 saturated carbocycles. The zero-order valence-electron chi connectivity index (χ0n) is 8.96. The SMILES string of the molecule is CN(CC1CC(=O)CN1)C1CCCC1. The van der Waals surface area contributed by atoms with E-state index in [2.05, 4.69) is 17.3 Å². The van der Waals surface area contributed by atoms with Crippen LogP contribution in [0.5, 0.6) is 0 Å². The summed E-state index contributed by atoms with van der Waals surface area (Å²) in [5.41, 5.74) is 0. The first-order chi connectivity index (χ1) is 6.75. The minimum Gasteiger partial charge on any atom is -0.305 e. The van der Waals surface area contributed by atoms with Crippen LogP contribution in [0.3, 0.4) is 0 Å². The number of ketones is 1. The number of hydrogen-bond donors (Lipinski definition) is 1. The molecule has 1 N–H and O–H groups in total. The third kappa shape index (κ3) is 2.34. The van der Waals surface area contributed by atoms with Crippen LogP contribution in [0.25, 0.3) is 0 Å². The summed E-state index contributed by atoms with van der Waals surface area (Å²) in [6.07, 6.45) is 6.18. The summed E-state index contributed by atoms with van der Waals surface area (Å²) in [7, 11) is 2.19. The third-order valence-corrected chi connectivity index (χ3v) is 3.52. The first-order valence-corrected chi connectivity index (χ1v) is 5.71. The molecule has 80 valence electrons. The number of Topliss-reactive ketones (excluding diaryl/α,β-unsaturated/α-hetero) is 1. The molecule has 2 rings (SSSR count). The lowest BCUT2D eigenvalue weighted by Crippen LogP contribution is -2.39. The van der Waals surface area contributed by atoms with Crippen LogP contribution in [0.15, 0.2) is 0 Å². The van der Waals surface area contributed by atoms with Gasteiger partial charge in [0.15, 0.2) is 0 Å². The molecule has 1 aliphatic heterocycles. The molecular weight excluding hydrogens is 176 g/mol. The second-order valence-electron chi connectivity index (χ2n) is 4.70. The molecular formula is C11H20N2O. The highest BCUT2D eigenvalue weighted by atomic mass is 16.1. The molecule has 0 spiro atoms. The highest BCUT2D eigenvalue weighted by molar-refractivity contribution is 5.83. The Morgan fingerprint density at radius 2 is 2.14 bits per heavy atom. The molecule has 1 atom stereocenters. The van der Waals surface area contributed by atoms with Gasteiger partial charge in [0.05, 0.1) is 6.54 Å². The standard InChI is InChI=1S/C11H20N2O/c1-13(10-4-2-3-5-10)8-9-6-11(14)7-12-9/h9-10,12H,2-8H2,1H3. The van der Waals surface area contributed by atoms with Gasteiger partial charge in [0.1, 0.15) is 5.78 Å². The van der Waals surface area contributed by atoms with Gasteiger partial charge in [0, 0.05) is 25.0 Å². The summed E-state index contributed by atoms with van der Waals surface area (Å²) in [5.74, 6) is 0.370. The van der Waals surface area contributed by atoms with E-state index in [-0.39, 0.29) is 0 Å². The quantitative estimate of drug-likeness (QED) is 0.724. The predicted octanol–water partition coefficient (Wildman–Crippen LogP) is 0.792. The maximum absolute atomic E-state index is 11.1. The molecule has 0 bridgehead atoms. The van der Waals surface area contributed by atoms with Crippen molar-refractivity contribution in [2.24, 2.45) is 0 Å². The van der Waals surface area contributed by atoms with Gasteiger partial charge in [-0.1, -0.05) is 12.8 Å². The average molecular weight is 196 g/mol. The minimum absolute atomic E-state index is 0.370. The van der Waals surface area contributed by atoms with E-state index in [1.807, 2.05) is 0 Å². The first kappa shape index (κ1) is 10.1. The second-order valence-corrected chi connectivity index (χ2v) is 4.70. The smallest absolute Gasteiger partial charge is 0.148 e. The molecule has 2 fully saturated rings. The van der Waals surface area contributed by atoms with E-state index in [4.69, 9.17) is 0 Å². The average Bonchev–Trinajstić information content (AvgIpc) is 2.75. The third-order valence-electron chi connectivity index (χ3n) is 3.52. The Bertz CT molecular complexity index is 211. The predicted molar refractivity (Wildman–Crippen MR) is 56.3 cm³/mol. The van der Waals surface area contributed by atoms with Crippen LogP contribution < -0.4 is 5.32 Å². The number of nitrogens with zero attached hydrogens (tertiary/aromatic N) is 1. The van der Waals surface area contributed by atoms with E-state index >= 15 is 0 Å². The summed E-state index contributed by atoms with van der Waals surface area (Å²) in [6, 6.07) is 1.18. The Morgan fingerprint density at radius 1 is 1.43 bits per heavy atom. The topological polar surface area (TPSA) is 32.3 Å². The van der Waals surface area contributed by atoms with Crippen molar-refractivity contribution < 1.29 is 4.79 Å². The van der Waals surface area contributed by atoms with E-state index in [0.717, 1.165) is 19.0 Å². The van der Waals surface area contributed by atoms with E-state index in [0.29, 0.717) is 18.4 Å². The molecule has 1 aliphatic carbocycles. The molecule has 0 aromatic carbocycles. The number of hydrogen-bond acceptors (Lipinski definition) is 3. The number of likely N-dealkylation sites (N-methyl/N-ethyl adjacent to an activating group) is 1. The minimum atomic E-state index is 0.370. The van der Waals surface area contributed by atoms with E-state index in [9.17, 15) is 4.79 Å². The van der Waals surface area contributed by atoms with E-state index in [1.165, 1.54) is 25.7 Å². The normalized spacial score (nSPS) is 29.3. The first-order valence-electron chi connectivity index (χ1n) is 5.71. The highest BCUT2D eigenvalue weighted by Gasteiger charge is 2.26. The molecule has 3 heteroatoms. The number of carbonyl (C=O) groups is 1. The molecule has 0 aromatic heterocycles. The van der Waals surface area contributed by atoms with Crippen LogP contribution in [0.4, 0.5) is 0 Å². The Morgan fingerprint density at radius 3 is 2.71 bits per heavy atom. The zero-order valence-corrected chi connectivity index (χ0v) is 8.96. The second kappa shape index (κ2) is 4.41. The van der Waals surface area contributed by atoms with Crippen LogP contribution in [0.2, 0.25) is 0 Å². The van der Waals surface area contributed by atoms with Crippen LogP contribution in [-0.2, 0) is 4.79 Å². The van der Waals surface area contributed by atoms with Crippen molar-refractivity contribution in [2.45, 2.75) is 44.2 Å². The van der Waals surface area contributed by atoms with Crippen molar-refractivity contribution in [1.82, 2.24) is 10.2 Å². The molecule has 0 aromatic rings. The van der Waals surface area contributed by atoms with Gasteiger partial charge in [-0.2, -0.15) is 0 Å². The van der Waals surface area contributed by atoms with Crippen molar-refractivity contribution >= 4 is 5.78 Å².